The minimum Gasteiger partial charge on any atom is -0.494 e. The Hall–Kier alpha value is -2.79. The number of piperidine rings is 1. The number of alkyl halides is 6. The van der Waals surface area contributed by atoms with Crippen LogP contribution < -0.4 is 4.74 Å². The van der Waals surface area contributed by atoms with E-state index in [2.05, 4.69) is 4.90 Å². The van der Waals surface area contributed by atoms with Gasteiger partial charge in [0.1, 0.15) is 5.75 Å². The van der Waals surface area contributed by atoms with Crippen molar-refractivity contribution >= 4 is 5.97 Å². The third kappa shape index (κ3) is 9.77. The van der Waals surface area contributed by atoms with Crippen molar-refractivity contribution in [3.63, 3.8) is 0 Å². The Morgan fingerprint density at radius 2 is 1.60 bits per heavy atom. The van der Waals surface area contributed by atoms with Crippen LogP contribution in [0.5, 0.6) is 5.75 Å². The summed E-state index contributed by atoms with van der Waals surface area (Å²) in [5.41, 5.74) is 0.277. The summed E-state index contributed by atoms with van der Waals surface area (Å²) in [6, 6.07) is 14.7. The Kier molecular flexibility index (Phi) is 10.4. The molecule has 1 saturated heterocycles. The summed E-state index contributed by atoms with van der Waals surface area (Å²) in [6.45, 7) is 3.05. The second-order valence-electron chi connectivity index (χ2n) is 8.07. The maximum Gasteiger partial charge on any atom is 0.490 e. The number of carboxylic acids is 1. The van der Waals surface area contributed by atoms with Gasteiger partial charge in [0.2, 0.25) is 0 Å². The highest BCUT2D eigenvalue weighted by atomic mass is 19.4. The first kappa shape index (κ1) is 28.4. The van der Waals surface area contributed by atoms with Gasteiger partial charge in [-0.1, -0.05) is 36.4 Å². The molecule has 1 atom stereocenters. The van der Waals surface area contributed by atoms with Crippen LogP contribution >= 0.6 is 0 Å². The highest BCUT2D eigenvalue weighted by Crippen LogP contribution is 2.32. The molecule has 0 bridgehead atoms. The van der Waals surface area contributed by atoms with Crippen molar-refractivity contribution in [3.8, 4) is 5.75 Å². The molecule has 1 heterocycles. The van der Waals surface area contributed by atoms with Crippen LogP contribution in [0.25, 0.3) is 0 Å². The van der Waals surface area contributed by atoms with E-state index in [1.54, 1.807) is 6.07 Å². The number of carbonyl (C=O) groups is 1. The van der Waals surface area contributed by atoms with Crippen LogP contribution in [0, 0.1) is 5.92 Å². The number of aliphatic carboxylic acids is 1. The topological polar surface area (TPSA) is 70.0 Å². The van der Waals surface area contributed by atoms with Gasteiger partial charge < -0.3 is 19.8 Å². The fourth-order valence-corrected chi connectivity index (χ4v) is 3.66. The molecule has 1 aliphatic heterocycles. The summed E-state index contributed by atoms with van der Waals surface area (Å²) in [4.78, 5) is 11.2. The maximum atomic E-state index is 12.7. The molecule has 35 heavy (non-hydrogen) atoms. The van der Waals surface area contributed by atoms with Crippen molar-refractivity contribution < 1.29 is 46.1 Å². The fourth-order valence-electron chi connectivity index (χ4n) is 3.66. The molecule has 0 aliphatic carbocycles. The standard InChI is InChI=1S/C22H26F3NO2.C2HF3O2/c23-22(24,25)19-8-4-9-20(16-19)28-15-5-12-26-13-10-18(11-14-26)21(27)17-6-2-1-3-7-17;3-2(4,5)1(6)7/h1-4,6-9,16,18,21,27H,5,10-15H2;(H,6,7). The highest BCUT2D eigenvalue weighted by Gasteiger charge is 2.38. The van der Waals surface area contributed by atoms with Crippen molar-refractivity contribution in [3.05, 3.63) is 65.7 Å². The highest BCUT2D eigenvalue weighted by molar-refractivity contribution is 5.73. The molecule has 1 aliphatic rings. The number of rotatable bonds is 7. The molecule has 2 N–H and O–H groups in total. The monoisotopic (exact) mass is 507 g/mol. The Morgan fingerprint density at radius 1 is 1.00 bits per heavy atom. The number of nitrogens with zero attached hydrogens (tertiary/aromatic N) is 1. The van der Waals surface area contributed by atoms with E-state index >= 15 is 0 Å². The maximum absolute atomic E-state index is 12.7. The van der Waals surface area contributed by atoms with E-state index in [0.29, 0.717) is 6.61 Å². The lowest BCUT2D eigenvalue weighted by atomic mass is 9.87. The number of halogens is 6. The van der Waals surface area contributed by atoms with Crippen LogP contribution in [0.15, 0.2) is 54.6 Å². The van der Waals surface area contributed by atoms with Gasteiger partial charge in [0, 0.05) is 6.54 Å². The average Bonchev–Trinajstić information content (AvgIpc) is 2.82. The van der Waals surface area contributed by atoms with E-state index in [9.17, 15) is 31.4 Å². The van der Waals surface area contributed by atoms with Crippen molar-refractivity contribution in [2.45, 2.75) is 37.7 Å². The number of carboxylic acid groups (broad SMARTS) is 1. The molecule has 0 aromatic heterocycles. The molecule has 11 heteroatoms. The molecule has 2 aromatic carbocycles. The number of hydrogen-bond acceptors (Lipinski definition) is 4. The fraction of sp³-hybridized carbons (Fsp3) is 0.458. The summed E-state index contributed by atoms with van der Waals surface area (Å²) < 4.78 is 75.4. The van der Waals surface area contributed by atoms with Gasteiger partial charge >= 0.3 is 18.3 Å². The van der Waals surface area contributed by atoms with E-state index in [4.69, 9.17) is 14.6 Å². The van der Waals surface area contributed by atoms with Crippen LogP contribution in [-0.2, 0) is 11.0 Å². The van der Waals surface area contributed by atoms with Gasteiger partial charge in [-0.25, -0.2) is 4.79 Å². The van der Waals surface area contributed by atoms with Crippen molar-refractivity contribution in [1.29, 1.82) is 0 Å². The van der Waals surface area contributed by atoms with Crippen LogP contribution in [0.2, 0.25) is 0 Å². The first-order valence-corrected chi connectivity index (χ1v) is 10.9. The zero-order valence-electron chi connectivity index (χ0n) is 18.7. The van der Waals surface area contributed by atoms with Crippen molar-refractivity contribution in [1.82, 2.24) is 4.90 Å². The third-order valence-corrected chi connectivity index (χ3v) is 5.51. The molecule has 1 unspecified atom stereocenters. The number of aliphatic hydroxyl groups excluding tert-OH is 1. The Labute approximate surface area is 198 Å². The predicted octanol–water partition coefficient (Wildman–Crippen LogP) is 5.55. The van der Waals surface area contributed by atoms with Crippen LogP contribution in [0.1, 0.15) is 36.5 Å². The minimum absolute atomic E-state index is 0.250. The first-order chi connectivity index (χ1) is 16.4. The second-order valence-corrected chi connectivity index (χ2v) is 8.07. The molecule has 0 radical (unpaired) electrons. The molecule has 0 saturated carbocycles. The number of benzene rings is 2. The van der Waals surface area contributed by atoms with E-state index < -0.39 is 30.0 Å². The van der Waals surface area contributed by atoms with E-state index in [1.165, 1.54) is 6.07 Å². The molecule has 3 rings (SSSR count). The Bertz CT molecular complexity index is 912. The van der Waals surface area contributed by atoms with Gasteiger partial charge in [-0.15, -0.1) is 0 Å². The van der Waals surface area contributed by atoms with Crippen LogP contribution in [-0.4, -0.2) is 53.5 Å². The van der Waals surface area contributed by atoms with E-state index in [-0.39, 0.29) is 11.7 Å². The number of aliphatic hydroxyl groups is 1. The van der Waals surface area contributed by atoms with Gasteiger partial charge in [0.05, 0.1) is 18.3 Å². The largest absolute Gasteiger partial charge is 0.494 e. The molecule has 5 nitrogen and oxygen atoms in total. The lowest BCUT2D eigenvalue weighted by molar-refractivity contribution is -0.192. The average molecular weight is 507 g/mol. The van der Waals surface area contributed by atoms with Crippen molar-refractivity contribution in [2.24, 2.45) is 5.92 Å². The number of hydrogen-bond donors (Lipinski definition) is 2. The lowest BCUT2D eigenvalue weighted by Gasteiger charge is -2.34. The first-order valence-electron chi connectivity index (χ1n) is 10.9. The molecule has 0 spiro atoms. The predicted molar refractivity (Wildman–Crippen MR) is 116 cm³/mol. The molecular formula is C24H27F6NO4. The van der Waals surface area contributed by atoms with Gasteiger partial charge in [-0.3, -0.25) is 0 Å². The van der Waals surface area contributed by atoms with Gasteiger partial charge in [-0.05, 0) is 62.0 Å². The zero-order chi connectivity index (χ0) is 26.1. The smallest absolute Gasteiger partial charge is 0.490 e. The molecule has 2 aromatic rings. The van der Waals surface area contributed by atoms with Crippen LogP contribution in [0.4, 0.5) is 26.3 Å². The third-order valence-electron chi connectivity index (χ3n) is 5.51. The summed E-state index contributed by atoms with van der Waals surface area (Å²) in [5, 5.41) is 17.7. The number of likely N-dealkylation sites (tertiary alicyclic amines) is 1. The second kappa shape index (κ2) is 12.8. The summed E-state index contributed by atoms with van der Waals surface area (Å²) >= 11 is 0. The van der Waals surface area contributed by atoms with E-state index in [1.807, 2.05) is 30.3 Å². The number of ether oxygens (including phenoxy) is 1. The molecule has 0 amide bonds. The van der Waals surface area contributed by atoms with Crippen LogP contribution in [0.3, 0.4) is 0 Å². The SMILES string of the molecule is O=C(O)C(F)(F)F.OC(c1ccccc1)C1CCN(CCCOc2cccc(C(F)(F)F)c2)CC1. The van der Waals surface area contributed by atoms with Crippen molar-refractivity contribution in [2.75, 3.05) is 26.2 Å². The van der Waals surface area contributed by atoms with Gasteiger partial charge in [0.15, 0.2) is 0 Å². The summed E-state index contributed by atoms with van der Waals surface area (Å²) in [5.74, 6) is -2.24. The van der Waals surface area contributed by atoms with Gasteiger partial charge in [0.25, 0.3) is 0 Å². The zero-order valence-corrected chi connectivity index (χ0v) is 18.7. The summed E-state index contributed by atoms with van der Waals surface area (Å²) in [6.07, 6.45) is -7.24. The van der Waals surface area contributed by atoms with E-state index in [0.717, 1.165) is 56.6 Å². The lowest BCUT2D eigenvalue weighted by Crippen LogP contribution is -2.36. The van der Waals surface area contributed by atoms with Gasteiger partial charge in [-0.2, -0.15) is 26.3 Å². The molecule has 1 fully saturated rings. The quantitative estimate of drug-likeness (QED) is 0.380. The summed E-state index contributed by atoms with van der Waals surface area (Å²) in [7, 11) is 0. The molecule has 194 valence electrons. The molecular weight excluding hydrogens is 480 g/mol. The normalized spacial score (nSPS) is 16.2. The Balaban J connectivity index is 0.000000540. The minimum atomic E-state index is -5.08. The Morgan fingerprint density at radius 3 is 2.14 bits per heavy atom.